The lowest BCUT2D eigenvalue weighted by molar-refractivity contribution is 0.0695. The van der Waals surface area contributed by atoms with Gasteiger partial charge in [-0.2, -0.15) is 5.10 Å². The maximum absolute atomic E-state index is 13.3. The molecule has 0 atom stereocenters. The molecule has 0 bridgehead atoms. The van der Waals surface area contributed by atoms with Crippen LogP contribution in [-0.4, -0.2) is 20.9 Å². The van der Waals surface area contributed by atoms with Gasteiger partial charge >= 0.3 is 5.97 Å². The van der Waals surface area contributed by atoms with E-state index in [9.17, 15) is 9.18 Å². The third kappa shape index (κ3) is 2.91. The molecule has 0 saturated carbocycles. The molecule has 1 aromatic heterocycles. The van der Waals surface area contributed by atoms with E-state index in [1.54, 1.807) is 14.0 Å². The highest BCUT2D eigenvalue weighted by Gasteiger charge is 2.13. The minimum absolute atomic E-state index is 0.0843. The summed E-state index contributed by atoms with van der Waals surface area (Å²) in [5.41, 5.74) is 1.21. The van der Waals surface area contributed by atoms with Crippen LogP contribution in [0.25, 0.3) is 0 Å². The Labute approximate surface area is 119 Å². The van der Waals surface area contributed by atoms with Gasteiger partial charge in [-0.05, 0) is 19.1 Å². The van der Waals surface area contributed by atoms with Crippen LogP contribution in [0.3, 0.4) is 0 Å². The Balaban J connectivity index is 2.21. The van der Waals surface area contributed by atoms with Gasteiger partial charge in [0.05, 0.1) is 11.3 Å². The molecular formula is C13H12ClFN2O3. The quantitative estimate of drug-likeness (QED) is 0.942. The molecule has 0 saturated heterocycles. The minimum atomic E-state index is -1.22. The number of ether oxygens (including phenoxy) is 1. The predicted molar refractivity (Wildman–Crippen MR) is 70.6 cm³/mol. The smallest absolute Gasteiger partial charge is 0.335 e. The van der Waals surface area contributed by atoms with Crippen LogP contribution in [-0.2, 0) is 13.7 Å². The van der Waals surface area contributed by atoms with Crippen molar-refractivity contribution in [1.29, 1.82) is 0 Å². The van der Waals surface area contributed by atoms with Crippen molar-refractivity contribution >= 4 is 17.6 Å². The van der Waals surface area contributed by atoms with E-state index in [0.29, 0.717) is 16.4 Å². The van der Waals surface area contributed by atoms with Crippen LogP contribution in [0.1, 0.15) is 21.6 Å². The Hall–Kier alpha value is -2.08. The summed E-state index contributed by atoms with van der Waals surface area (Å²) in [5.74, 6) is -1.76. The molecule has 0 radical (unpaired) electrons. The molecule has 0 aliphatic rings. The second-order valence-electron chi connectivity index (χ2n) is 4.25. The molecule has 0 aliphatic carbocycles. The largest absolute Gasteiger partial charge is 0.489 e. The zero-order chi connectivity index (χ0) is 14.9. The van der Waals surface area contributed by atoms with Crippen LogP contribution >= 0.6 is 11.6 Å². The molecule has 2 aromatic rings. The number of halogens is 2. The van der Waals surface area contributed by atoms with Crippen molar-refractivity contribution in [3.05, 3.63) is 46.0 Å². The number of aromatic nitrogens is 2. The molecule has 0 aliphatic heterocycles. The zero-order valence-corrected chi connectivity index (χ0v) is 11.6. The van der Waals surface area contributed by atoms with E-state index in [0.717, 1.165) is 12.1 Å². The first-order chi connectivity index (χ1) is 9.38. The Morgan fingerprint density at radius 2 is 2.20 bits per heavy atom. The van der Waals surface area contributed by atoms with Gasteiger partial charge in [-0.3, -0.25) is 4.68 Å². The van der Waals surface area contributed by atoms with E-state index in [2.05, 4.69) is 5.10 Å². The SMILES string of the molecule is Cc1nn(C)c(Cl)c1COc1cc(F)cc(C(=O)O)c1. The second-order valence-corrected chi connectivity index (χ2v) is 4.61. The van der Waals surface area contributed by atoms with Crippen molar-refractivity contribution in [2.24, 2.45) is 7.05 Å². The molecule has 7 heteroatoms. The van der Waals surface area contributed by atoms with Crippen LogP contribution in [0.5, 0.6) is 5.75 Å². The number of carboxylic acids is 1. The lowest BCUT2D eigenvalue weighted by atomic mass is 10.2. The van der Waals surface area contributed by atoms with Gasteiger partial charge < -0.3 is 9.84 Å². The first-order valence-corrected chi connectivity index (χ1v) is 6.11. The Morgan fingerprint density at radius 3 is 2.75 bits per heavy atom. The Bertz CT molecular complexity index is 670. The number of hydrogen-bond acceptors (Lipinski definition) is 3. The van der Waals surface area contributed by atoms with Crippen molar-refractivity contribution in [2.45, 2.75) is 13.5 Å². The van der Waals surface area contributed by atoms with Gasteiger partial charge in [0, 0.05) is 18.7 Å². The van der Waals surface area contributed by atoms with E-state index in [4.69, 9.17) is 21.4 Å². The fourth-order valence-electron chi connectivity index (χ4n) is 1.76. The number of benzene rings is 1. The summed E-state index contributed by atoms with van der Waals surface area (Å²) >= 11 is 6.05. The van der Waals surface area contributed by atoms with Gasteiger partial charge in [-0.15, -0.1) is 0 Å². The number of aromatic carboxylic acids is 1. The van der Waals surface area contributed by atoms with Crippen molar-refractivity contribution in [1.82, 2.24) is 9.78 Å². The molecular weight excluding hydrogens is 287 g/mol. The van der Waals surface area contributed by atoms with Gasteiger partial charge in [0.1, 0.15) is 23.3 Å². The van der Waals surface area contributed by atoms with Crippen LogP contribution in [0.4, 0.5) is 4.39 Å². The number of carbonyl (C=O) groups is 1. The maximum atomic E-state index is 13.3. The van der Waals surface area contributed by atoms with Crippen molar-refractivity contribution < 1.29 is 19.0 Å². The molecule has 106 valence electrons. The van der Waals surface area contributed by atoms with Gasteiger partial charge in [-0.25, -0.2) is 9.18 Å². The average Bonchev–Trinajstić information content (AvgIpc) is 2.60. The fourth-order valence-corrected chi connectivity index (χ4v) is 1.99. The summed E-state index contributed by atoms with van der Waals surface area (Å²) in [7, 11) is 1.70. The molecule has 20 heavy (non-hydrogen) atoms. The highest BCUT2D eigenvalue weighted by molar-refractivity contribution is 6.30. The van der Waals surface area contributed by atoms with E-state index in [1.807, 2.05) is 0 Å². The van der Waals surface area contributed by atoms with Gasteiger partial charge in [0.2, 0.25) is 0 Å². The van der Waals surface area contributed by atoms with Crippen LogP contribution in [0.15, 0.2) is 18.2 Å². The number of aryl methyl sites for hydroxylation is 2. The van der Waals surface area contributed by atoms with Crippen molar-refractivity contribution in [3.8, 4) is 5.75 Å². The molecule has 2 rings (SSSR count). The molecule has 1 heterocycles. The normalized spacial score (nSPS) is 10.6. The summed E-state index contributed by atoms with van der Waals surface area (Å²) in [6, 6.07) is 3.30. The summed E-state index contributed by atoms with van der Waals surface area (Å²) in [6.07, 6.45) is 0. The first-order valence-electron chi connectivity index (χ1n) is 5.73. The molecule has 1 aromatic carbocycles. The molecule has 0 fully saturated rings. The molecule has 0 amide bonds. The first kappa shape index (κ1) is 14.3. The third-order valence-electron chi connectivity index (χ3n) is 2.77. The fraction of sp³-hybridized carbons (Fsp3) is 0.231. The summed E-state index contributed by atoms with van der Waals surface area (Å²) in [5, 5.41) is 13.4. The highest BCUT2D eigenvalue weighted by Crippen LogP contribution is 2.22. The van der Waals surface area contributed by atoms with Gasteiger partial charge in [0.15, 0.2) is 0 Å². The zero-order valence-electron chi connectivity index (χ0n) is 10.9. The van der Waals surface area contributed by atoms with Crippen LogP contribution in [0.2, 0.25) is 5.15 Å². The van der Waals surface area contributed by atoms with Gasteiger partial charge in [-0.1, -0.05) is 11.6 Å². The minimum Gasteiger partial charge on any atom is -0.489 e. The number of rotatable bonds is 4. The Morgan fingerprint density at radius 1 is 1.50 bits per heavy atom. The standard InChI is InChI=1S/C13H12ClFN2O3/c1-7-11(12(14)17(2)16-7)6-20-10-4-8(13(18)19)3-9(15)5-10/h3-5H,6H2,1-2H3,(H,18,19). The van der Waals surface area contributed by atoms with E-state index in [1.165, 1.54) is 10.7 Å². The lowest BCUT2D eigenvalue weighted by Gasteiger charge is -2.07. The second kappa shape index (κ2) is 5.50. The Kier molecular flexibility index (Phi) is 3.94. The molecule has 5 nitrogen and oxygen atoms in total. The molecule has 0 unspecified atom stereocenters. The highest BCUT2D eigenvalue weighted by atomic mass is 35.5. The van der Waals surface area contributed by atoms with Crippen molar-refractivity contribution in [2.75, 3.05) is 0 Å². The predicted octanol–water partition coefficient (Wildman–Crippen LogP) is 2.80. The monoisotopic (exact) mass is 298 g/mol. The number of hydrogen-bond donors (Lipinski definition) is 1. The lowest BCUT2D eigenvalue weighted by Crippen LogP contribution is -2.01. The molecule has 0 spiro atoms. The van der Waals surface area contributed by atoms with Crippen molar-refractivity contribution in [3.63, 3.8) is 0 Å². The number of nitrogens with zero attached hydrogens (tertiary/aromatic N) is 2. The summed E-state index contributed by atoms with van der Waals surface area (Å²) in [4.78, 5) is 10.8. The summed E-state index contributed by atoms with van der Waals surface area (Å²) < 4.78 is 20.2. The third-order valence-corrected chi connectivity index (χ3v) is 3.24. The van der Waals surface area contributed by atoms with Gasteiger partial charge in [0.25, 0.3) is 0 Å². The van der Waals surface area contributed by atoms with E-state index < -0.39 is 11.8 Å². The summed E-state index contributed by atoms with van der Waals surface area (Å²) in [6.45, 7) is 1.86. The number of carboxylic acid groups (broad SMARTS) is 1. The van der Waals surface area contributed by atoms with Crippen LogP contribution in [0, 0.1) is 12.7 Å². The topological polar surface area (TPSA) is 64.4 Å². The molecule has 1 N–H and O–H groups in total. The van der Waals surface area contributed by atoms with E-state index >= 15 is 0 Å². The van der Waals surface area contributed by atoms with Crippen LogP contribution < -0.4 is 4.74 Å². The van der Waals surface area contributed by atoms with E-state index in [-0.39, 0.29) is 17.9 Å². The maximum Gasteiger partial charge on any atom is 0.335 e. The average molecular weight is 299 g/mol.